The maximum atomic E-state index is 12.1. The van der Waals surface area contributed by atoms with Gasteiger partial charge < -0.3 is 0 Å². The Morgan fingerprint density at radius 1 is 0.556 bits per heavy atom. The fourth-order valence-corrected chi connectivity index (χ4v) is 0.967. The summed E-state index contributed by atoms with van der Waals surface area (Å²) in [5.41, 5.74) is 0. The number of Topliss-reactive ketones (excluding diaryl/α,β-unsaturated/α-hetero) is 1. The minimum absolute atomic E-state index is 2.34. The highest BCUT2D eigenvalue weighted by Crippen LogP contribution is 2.38. The van der Waals surface area contributed by atoms with Crippen LogP contribution in [0.5, 0.6) is 0 Å². The standard InChI is InChI=1S/C7HF15N2O3/c8-3(9,10)1(25)2(26-23(4(11,12)13)5(14,15)16)27-24(6(17,18)19)7(20,21)22/h2H. The molecule has 0 aliphatic carbocycles. The van der Waals surface area contributed by atoms with Crippen LogP contribution in [0.3, 0.4) is 0 Å². The highest BCUT2D eigenvalue weighted by atomic mass is 19.4. The fourth-order valence-electron chi connectivity index (χ4n) is 0.967. The van der Waals surface area contributed by atoms with E-state index in [1.165, 1.54) is 0 Å². The van der Waals surface area contributed by atoms with Gasteiger partial charge in [0.25, 0.3) is 12.1 Å². The van der Waals surface area contributed by atoms with E-state index in [1.54, 1.807) is 0 Å². The molecule has 0 fully saturated rings. The molecule has 20 heteroatoms. The molecule has 162 valence electrons. The van der Waals surface area contributed by atoms with Crippen LogP contribution >= 0.6 is 0 Å². The van der Waals surface area contributed by atoms with Crippen molar-refractivity contribution in [3.63, 3.8) is 0 Å². The average Bonchev–Trinajstić information content (AvgIpc) is 2.30. The monoisotopic (exact) mass is 446 g/mol. The van der Waals surface area contributed by atoms with Gasteiger partial charge in [-0.15, -0.1) is 0 Å². The Morgan fingerprint density at radius 2 is 0.778 bits per heavy atom. The molecular weight excluding hydrogens is 445 g/mol. The zero-order valence-electron chi connectivity index (χ0n) is 11.4. The molecule has 5 nitrogen and oxygen atoms in total. The molecule has 0 aromatic carbocycles. The first kappa shape index (κ1) is 25.5. The summed E-state index contributed by atoms with van der Waals surface area (Å²) in [5, 5.41) is -6.72. The molecule has 0 aliphatic rings. The lowest BCUT2D eigenvalue weighted by Gasteiger charge is -2.32. The molecule has 0 spiro atoms. The van der Waals surface area contributed by atoms with Crippen molar-refractivity contribution in [2.24, 2.45) is 0 Å². The van der Waals surface area contributed by atoms with Crippen molar-refractivity contribution >= 4 is 5.78 Å². The molecule has 0 aliphatic heterocycles. The highest BCUT2D eigenvalue weighted by molar-refractivity contribution is 5.87. The SMILES string of the molecule is O=C(C(ON(C(F)(F)F)C(F)(F)F)ON(C(F)(F)F)C(F)(F)F)C(F)(F)F. The topological polar surface area (TPSA) is 42.0 Å². The van der Waals surface area contributed by atoms with Crippen LogP contribution < -0.4 is 0 Å². The van der Waals surface area contributed by atoms with Crippen molar-refractivity contribution < 1.29 is 80.3 Å². The summed E-state index contributed by atoms with van der Waals surface area (Å²) in [4.78, 5) is 15.3. The molecular formula is C7HF15N2O3. The first-order valence-corrected chi connectivity index (χ1v) is 5.31. The Labute approximate surface area is 135 Å². The minimum Gasteiger partial charge on any atom is -0.284 e. The second-order valence-electron chi connectivity index (χ2n) is 3.86. The fraction of sp³-hybridized carbons (Fsp3) is 0.857. The first-order chi connectivity index (χ1) is 11.5. The summed E-state index contributed by atoms with van der Waals surface area (Å²) in [7, 11) is 0. The van der Waals surface area contributed by atoms with Crippen molar-refractivity contribution in [2.75, 3.05) is 0 Å². The number of nitrogens with zero attached hydrogens (tertiary/aromatic N) is 2. The van der Waals surface area contributed by atoms with Gasteiger partial charge in [0.15, 0.2) is 0 Å². The van der Waals surface area contributed by atoms with Gasteiger partial charge in [-0.3, -0.25) is 4.79 Å². The lowest BCUT2D eigenvalue weighted by atomic mass is 10.4. The Balaban J connectivity index is 6.09. The van der Waals surface area contributed by atoms with E-state index in [-0.39, 0.29) is 0 Å². The number of rotatable bonds is 5. The average molecular weight is 446 g/mol. The van der Waals surface area contributed by atoms with Crippen molar-refractivity contribution in [1.29, 1.82) is 0 Å². The first-order valence-electron chi connectivity index (χ1n) is 5.31. The summed E-state index contributed by atoms with van der Waals surface area (Å²) in [6, 6.07) is 0. The van der Waals surface area contributed by atoms with Crippen molar-refractivity contribution in [1.82, 2.24) is 10.1 Å². The number of hydroxylamine groups is 4. The van der Waals surface area contributed by atoms with Crippen LogP contribution in [0.4, 0.5) is 65.9 Å². The molecule has 0 saturated heterocycles. The van der Waals surface area contributed by atoms with Crippen LogP contribution in [0, 0.1) is 0 Å². The van der Waals surface area contributed by atoms with E-state index in [0.717, 1.165) is 0 Å². The number of hydrogen-bond acceptors (Lipinski definition) is 5. The van der Waals surface area contributed by atoms with Crippen molar-refractivity contribution in [3.05, 3.63) is 0 Å². The van der Waals surface area contributed by atoms with Crippen molar-refractivity contribution in [3.8, 4) is 0 Å². The lowest BCUT2D eigenvalue weighted by Crippen LogP contribution is -2.57. The van der Waals surface area contributed by atoms with Crippen LogP contribution in [-0.2, 0) is 14.5 Å². The van der Waals surface area contributed by atoms with Gasteiger partial charge in [-0.25, -0.2) is 9.68 Å². The largest absolute Gasteiger partial charge is 0.490 e. The number of carbonyl (C=O) groups excluding carboxylic acids is 1. The Bertz CT molecular complexity index is 452. The van der Waals surface area contributed by atoms with Gasteiger partial charge >= 0.3 is 31.4 Å². The quantitative estimate of drug-likeness (QED) is 0.277. The summed E-state index contributed by atoms with van der Waals surface area (Å²) >= 11 is 0. The maximum absolute atomic E-state index is 12.1. The molecule has 0 amide bonds. The predicted molar refractivity (Wildman–Crippen MR) is 44.9 cm³/mol. The third-order valence-corrected chi connectivity index (χ3v) is 1.82. The van der Waals surface area contributed by atoms with Gasteiger partial charge in [-0.2, -0.15) is 65.9 Å². The zero-order chi connectivity index (χ0) is 22.2. The number of hydrogen-bond donors (Lipinski definition) is 0. The molecule has 0 radical (unpaired) electrons. The van der Waals surface area contributed by atoms with E-state index in [1.807, 2.05) is 0 Å². The third kappa shape index (κ3) is 7.54. The van der Waals surface area contributed by atoms with Gasteiger partial charge in [-0.1, -0.05) is 0 Å². The number of halogens is 15. The zero-order valence-corrected chi connectivity index (χ0v) is 11.4. The number of alkyl halides is 15. The second-order valence-corrected chi connectivity index (χ2v) is 3.86. The second kappa shape index (κ2) is 7.47. The summed E-state index contributed by atoms with van der Waals surface area (Å²) in [6.45, 7) is 0. The van der Waals surface area contributed by atoms with Crippen LogP contribution in [0.2, 0.25) is 0 Å². The minimum atomic E-state index is -6.85. The summed E-state index contributed by atoms with van der Waals surface area (Å²) in [6.07, 6.45) is -39.0. The molecule has 0 atom stereocenters. The summed E-state index contributed by atoms with van der Waals surface area (Å²) in [5.74, 6) is -4.08. The van der Waals surface area contributed by atoms with E-state index in [4.69, 9.17) is 0 Å². The van der Waals surface area contributed by atoms with E-state index >= 15 is 0 Å². The normalized spacial score (nSPS) is 15.2. The van der Waals surface area contributed by atoms with E-state index < -0.39 is 53.6 Å². The molecule has 27 heavy (non-hydrogen) atoms. The number of carbonyl (C=O) groups is 1. The molecule has 0 rings (SSSR count). The smallest absolute Gasteiger partial charge is 0.284 e. The third-order valence-electron chi connectivity index (χ3n) is 1.82. The van der Waals surface area contributed by atoms with Gasteiger partial charge in [0.1, 0.15) is 0 Å². The van der Waals surface area contributed by atoms with Crippen molar-refractivity contribution in [2.45, 2.75) is 37.7 Å². The molecule has 0 unspecified atom stereocenters. The van der Waals surface area contributed by atoms with Crippen LogP contribution in [-0.4, -0.2) is 53.6 Å². The van der Waals surface area contributed by atoms with E-state index in [9.17, 15) is 70.7 Å². The lowest BCUT2D eigenvalue weighted by molar-refractivity contribution is -0.547. The van der Waals surface area contributed by atoms with Crippen LogP contribution in [0.15, 0.2) is 0 Å². The molecule has 0 heterocycles. The predicted octanol–water partition coefficient (Wildman–Crippen LogP) is 3.99. The van der Waals surface area contributed by atoms with Gasteiger partial charge in [0.2, 0.25) is 0 Å². The van der Waals surface area contributed by atoms with Crippen LogP contribution in [0.25, 0.3) is 0 Å². The van der Waals surface area contributed by atoms with Gasteiger partial charge in [0.05, 0.1) is 0 Å². The Hall–Kier alpha value is -1.54. The van der Waals surface area contributed by atoms with E-state index in [2.05, 4.69) is 9.68 Å². The molecule has 0 saturated carbocycles. The van der Waals surface area contributed by atoms with Gasteiger partial charge in [-0.05, 0) is 0 Å². The molecule has 0 bridgehead atoms. The van der Waals surface area contributed by atoms with Gasteiger partial charge in [0, 0.05) is 10.1 Å². The van der Waals surface area contributed by atoms with Crippen LogP contribution in [0.1, 0.15) is 0 Å². The Morgan fingerprint density at radius 3 is 0.926 bits per heavy atom. The highest BCUT2D eigenvalue weighted by Gasteiger charge is 2.62. The molecule has 0 aromatic heterocycles. The Kier molecular flexibility index (Phi) is 7.04. The van der Waals surface area contributed by atoms with E-state index in [0.29, 0.717) is 0 Å². The summed E-state index contributed by atoms with van der Waals surface area (Å²) < 4.78 is 182. The molecule has 0 aromatic rings. The number of ketones is 1. The maximum Gasteiger partial charge on any atom is 0.490 e. The molecule has 0 N–H and O–H groups in total.